The molecule has 0 aliphatic carbocycles. The highest BCUT2D eigenvalue weighted by molar-refractivity contribution is 6.16. The molecule has 1 atom stereocenters. The number of urea groups is 1. The molecule has 8 nitrogen and oxygen atoms in total. The first-order valence-electron chi connectivity index (χ1n) is 9.52. The maximum absolute atomic E-state index is 12.8. The van der Waals surface area contributed by atoms with Crippen LogP contribution in [0.15, 0.2) is 48.5 Å². The Kier molecular flexibility index (Phi) is 5.86. The molecule has 8 heteroatoms. The molecule has 1 fully saturated rings. The van der Waals surface area contributed by atoms with Gasteiger partial charge in [-0.05, 0) is 50.2 Å². The van der Waals surface area contributed by atoms with E-state index in [1.807, 2.05) is 19.1 Å². The van der Waals surface area contributed by atoms with E-state index in [1.54, 1.807) is 57.4 Å². The number of hydrogen-bond donors (Lipinski definition) is 1. The molecule has 0 unspecified atom stereocenters. The third-order valence-corrected chi connectivity index (χ3v) is 4.88. The summed E-state index contributed by atoms with van der Waals surface area (Å²) in [5.41, 5.74) is 2.61. The molecule has 0 spiro atoms. The summed E-state index contributed by atoms with van der Waals surface area (Å²) >= 11 is 0. The highest BCUT2D eigenvalue weighted by atomic mass is 16.2. The lowest BCUT2D eigenvalue weighted by atomic mass is 10.2. The van der Waals surface area contributed by atoms with Crippen molar-refractivity contribution in [2.45, 2.75) is 19.9 Å². The molecule has 3 rings (SSSR count). The summed E-state index contributed by atoms with van der Waals surface area (Å²) in [6.45, 7) is 3.19. The van der Waals surface area contributed by atoms with Crippen molar-refractivity contribution in [3.8, 4) is 0 Å². The van der Waals surface area contributed by atoms with Gasteiger partial charge in [-0.1, -0.05) is 17.7 Å². The number of imide groups is 1. The zero-order valence-electron chi connectivity index (χ0n) is 17.4. The largest absolute Gasteiger partial charge is 0.345 e. The fraction of sp³-hybridized carbons (Fsp3) is 0.273. The van der Waals surface area contributed by atoms with Crippen LogP contribution in [-0.2, 0) is 9.59 Å². The number of hydrogen-bond acceptors (Lipinski definition) is 4. The van der Waals surface area contributed by atoms with Gasteiger partial charge >= 0.3 is 6.03 Å². The van der Waals surface area contributed by atoms with Crippen LogP contribution in [0.3, 0.4) is 0 Å². The second kappa shape index (κ2) is 8.36. The van der Waals surface area contributed by atoms with E-state index in [0.29, 0.717) is 16.9 Å². The number of rotatable bonds is 5. The van der Waals surface area contributed by atoms with Gasteiger partial charge in [0.25, 0.3) is 11.8 Å². The quantitative estimate of drug-likeness (QED) is 0.770. The number of carbonyl (C=O) groups is 4. The Bertz CT molecular complexity index is 983. The Hall–Kier alpha value is -3.68. The van der Waals surface area contributed by atoms with Crippen LogP contribution in [0.4, 0.5) is 16.2 Å². The van der Waals surface area contributed by atoms with Crippen LogP contribution in [0.25, 0.3) is 0 Å². The van der Waals surface area contributed by atoms with E-state index < -0.39 is 23.9 Å². The molecule has 156 valence electrons. The predicted octanol–water partition coefficient (Wildman–Crippen LogP) is 2.49. The summed E-state index contributed by atoms with van der Waals surface area (Å²) in [4.78, 5) is 53.5. The van der Waals surface area contributed by atoms with Crippen molar-refractivity contribution >= 4 is 35.1 Å². The van der Waals surface area contributed by atoms with Crippen molar-refractivity contribution in [3.05, 3.63) is 59.7 Å². The lowest BCUT2D eigenvalue weighted by Gasteiger charge is -2.19. The molecule has 1 aliphatic heterocycles. The molecule has 0 radical (unpaired) electrons. The van der Waals surface area contributed by atoms with E-state index in [9.17, 15) is 19.2 Å². The zero-order chi connectivity index (χ0) is 22.0. The molecule has 5 amide bonds. The van der Waals surface area contributed by atoms with Crippen LogP contribution in [0.5, 0.6) is 0 Å². The molecular weight excluding hydrogens is 384 g/mol. The molecule has 30 heavy (non-hydrogen) atoms. The predicted molar refractivity (Wildman–Crippen MR) is 113 cm³/mol. The number of benzene rings is 2. The highest BCUT2D eigenvalue weighted by Gasteiger charge is 2.44. The molecule has 0 saturated carbocycles. The van der Waals surface area contributed by atoms with Gasteiger partial charge in [-0.25, -0.2) is 4.79 Å². The van der Waals surface area contributed by atoms with Gasteiger partial charge < -0.3 is 10.2 Å². The smallest absolute Gasteiger partial charge is 0.332 e. The van der Waals surface area contributed by atoms with E-state index in [2.05, 4.69) is 5.32 Å². The average Bonchev–Trinajstić information content (AvgIpc) is 2.92. The molecule has 1 aliphatic rings. The molecule has 1 saturated heterocycles. The first-order valence-corrected chi connectivity index (χ1v) is 9.52. The topological polar surface area (TPSA) is 90.0 Å². The van der Waals surface area contributed by atoms with E-state index in [4.69, 9.17) is 0 Å². The fourth-order valence-electron chi connectivity index (χ4n) is 3.21. The Labute approximate surface area is 175 Å². The lowest BCUT2D eigenvalue weighted by molar-refractivity contribution is -0.130. The number of aryl methyl sites for hydroxylation is 1. The van der Waals surface area contributed by atoms with E-state index >= 15 is 0 Å². The van der Waals surface area contributed by atoms with Crippen LogP contribution >= 0.6 is 0 Å². The summed E-state index contributed by atoms with van der Waals surface area (Å²) in [7, 11) is 3.31. The minimum absolute atomic E-state index is 0.147. The van der Waals surface area contributed by atoms with Crippen molar-refractivity contribution in [2.75, 3.05) is 30.9 Å². The zero-order valence-corrected chi connectivity index (χ0v) is 17.4. The fourth-order valence-corrected chi connectivity index (χ4v) is 3.21. The summed E-state index contributed by atoms with van der Waals surface area (Å²) in [6.07, 6.45) is 0. The minimum Gasteiger partial charge on any atom is -0.345 e. The third-order valence-electron chi connectivity index (χ3n) is 4.88. The number of nitrogens with zero attached hydrogens (tertiary/aromatic N) is 3. The van der Waals surface area contributed by atoms with Crippen molar-refractivity contribution < 1.29 is 19.2 Å². The molecular formula is C22H24N4O4. The van der Waals surface area contributed by atoms with E-state index in [1.165, 1.54) is 9.80 Å². The first-order chi connectivity index (χ1) is 14.2. The highest BCUT2D eigenvalue weighted by Crippen LogP contribution is 2.26. The van der Waals surface area contributed by atoms with Gasteiger partial charge in [0.1, 0.15) is 12.6 Å². The molecule has 1 N–H and O–H groups in total. The minimum atomic E-state index is -0.690. The summed E-state index contributed by atoms with van der Waals surface area (Å²) < 4.78 is 0. The van der Waals surface area contributed by atoms with E-state index in [0.717, 1.165) is 10.5 Å². The van der Waals surface area contributed by atoms with Crippen LogP contribution in [0.1, 0.15) is 22.8 Å². The van der Waals surface area contributed by atoms with Gasteiger partial charge in [-0.3, -0.25) is 24.2 Å². The number of anilines is 2. The molecule has 0 aromatic heterocycles. The monoisotopic (exact) mass is 408 g/mol. The second-order valence-corrected chi connectivity index (χ2v) is 7.41. The maximum atomic E-state index is 12.8. The van der Waals surface area contributed by atoms with Crippen LogP contribution in [0.2, 0.25) is 0 Å². The van der Waals surface area contributed by atoms with Crippen LogP contribution in [-0.4, -0.2) is 60.2 Å². The van der Waals surface area contributed by atoms with Crippen molar-refractivity contribution in [3.63, 3.8) is 0 Å². The standard InChI is InChI=1S/C22H24N4O4/c1-14-5-11-18(12-6-14)26-15(2)20(28)25(22(26)30)13-19(27)23-17-9-7-16(8-10-17)21(29)24(3)4/h5-12,15H,13H2,1-4H3,(H,23,27)/t15-/m0/s1. The van der Waals surface area contributed by atoms with Crippen LogP contribution in [0, 0.1) is 6.92 Å². The van der Waals surface area contributed by atoms with Gasteiger partial charge in [-0.15, -0.1) is 0 Å². The van der Waals surface area contributed by atoms with Crippen molar-refractivity contribution in [1.29, 1.82) is 0 Å². The Morgan fingerprint density at radius 2 is 1.60 bits per heavy atom. The summed E-state index contributed by atoms with van der Waals surface area (Å²) in [5.74, 6) is -1.07. The SMILES string of the molecule is Cc1ccc(N2C(=O)N(CC(=O)Nc3ccc(C(=O)N(C)C)cc3)C(=O)[C@@H]2C)cc1. The summed E-state index contributed by atoms with van der Waals surface area (Å²) in [5, 5.41) is 2.65. The Balaban J connectivity index is 1.67. The number of amides is 5. The number of carbonyl (C=O) groups excluding carboxylic acids is 4. The molecule has 2 aromatic rings. The average molecular weight is 408 g/mol. The van der Waals surface area contributed by atoms with E-state index in [-0.39, 0.29) is 12.5 Å². The third kappa shape index (κ3) is 4.17. The number of nitrogens with one attached hydrogen (secondary N) is 1. The Morgan fingerprint density at radius 1 is 1.00 bits per heavy atom. The van der Waals surface area contributed by atoms with Gasteiger partial charge in [0, 0.05) is 31.0 Å². The lowest BCUT2D eigenvalue weighted by Crippen LogP contribution is -2.39. The van der Waals surface area contributed by atoms with Gasteiger partial charge in [0.2, 0.25) is 5.91 Å². The van der Waals surface area contributed by atoms with Crippen molar-refractivity contribution in [1.82, 2.24) is 9.80 Å². The molecule has 1 heterocycles. The second-order valence-electron chi connectivity index (χ2n) is 7.41. The maximum Gasteiger partial charge on any atom is 0.332 e. The Morgan fingerprint density at radius 3 is 2.17 bits per heavy atom. The molecule has 0 bridgehead atoms. The van der Waals surface area contributed by atoms with Crippen molar-refractivity contribution in [2.24, 2.45) is 0 Å². The van der Waals surface area contributed by atoms with Gasteiger partial charge in [0.15, 0.2) is 0 Å². The van der Waals surface area contributed by atoms with Crippen LogP contribution < -0.4 is 10.2 Å². The van der Waals surface area contributed by atoms with Gasteiger partial charge in [0.05, 0.1) is 0 Å². The normalized spacial score (nSPS) is 16.1. The molecule has 2 aromatic carbocycles. The van der Waals surface area contributed by atoms with Gasteiger partial charge in [-0.2, -0.15) is 0 Å². The summed E-state index contributed by atoms with van der Waals surface area (Å²) in [6, 6.07) is 12.5. The first kappa shape index (κ1) is 21.0.